The zero-order valence-corrected chi connectivity index (χ0v) is 8.89. The molecule has 13 heavy (non-hydrogen) atoms. The van der Waals surface area contributed by atoms with Crippen LogP contribution in [0.3, 0.4) is 0 Å². The molecule has 2 aliphatic carbocycles. The van der Waals surface area contributed by atoms with Crippen molar-refractivity contribution in [1.29, 1.82) is 0 Å². The van der Waals surface area contributed by atoms with E-state index in [0.29, 0.717) is 0 Å². The maximum atomic E-state index is 3.68. The molecule has 0 aromatic rings. The van der Waals surface area contributed by atoms with E-state index in [9.17, 15) is 0 Å². The summed E-state index contributed by atoms with van der Waals surface area (Å²) in [4.78, 5) is 0. The van der Waals surface area contributed by atoms with Gasteiger partial charge in [0.05, 0.1) is 0 Å². The van der Waals surface area contributed by atoms with Crippen molar-refractivity contribution in [2.75, 3.05) is 6.54 Å². The van der Waals surface area contributed by atoms with Crippen molar-refractivity contribution < 1.29 is 0 Å². The van der Waals surface area contributed by atoms with Gasteiger partial charge in [0.25, 0.3) is 0 Å². The standard InChI is InChI=1S/C12H23N/c1-2-8-13-12-5-3-4-11(9-12)10-6-7-10/h10-13H,2-9H2,1H3. The van der Waals surface area contributed by atoms with Crippen molar-refractivity contribution in [2.45, 2.75) is 57.9 Å². The van der Waals surface area contributed by atoms with Gasteiger partial charge < -0.3 is 5.32 Å². The highest BCUT2D eigenvalue weighted by Crippen LogP contribution is 2.43. The topological polar surface area (TPSA) is 12.0 Å². The summed E-state index contributed by atoms with van der Waals surface area (Å²) in [5.41, 5.74) is 0. The van der Waals surface area contributed by atoms with Crippen LogP contribution >= 0.6 is 0 Å². The summed E-state index contributed by atoms with van der Waals surface area (Å²) in [7, 11) is 0. The van der Waals surface area contributed by atoms with Crippen LogP contribution in [0.25, 0.3) is 0 Å². The van der Waals surface area contributed by atoms with Gasteiger partial charge in [-0.25, -0.2) is 0 Å². The Balaban J connectivity index is 1.71. The van der Waals surface area contributed by atoms with Gasteiger partial charge in [0.1, 0.15) is 0 Å². The van der Waals surface area contributed by atoms with Gasteiger partial charge >= 0.3 is 0 Å². The lowest BCUT2D eigenvalue weighted by Crippen LogP contribution is -2.35. The molecule has 1 heteroatoms. The van der Waals surface area contributed by atoms with Gasteiger partial charge in [-0.3, -0.25) is 0 Å². The summed E-state index contributed by atoms with van der Waals surface area (Å²) in [6, 6.07) is 0.860. The predicted octanol–water partition coefficient (Wildman–Crippen LogP) is 2.95. The van der Waals surface area contributed by atoms with E-state index in [2.05, 4.69) is 12.2 Å². The highest BCUT2D eigenvalue weighted by Gasteiger charge is 2.34. The maximum Gasteiger partial charge on any atom is 0.00698 e. The van der Waals surface area contributed by atoms with Crippen LogP contribution in [0, 0.1) is 11.8 Å². The molecule has 2 aliphatic rings. The largest absolute Gasteiger partial charge is 0.314 e. The third kappa shape index (κ3) is 2.70. The van der Waals surface area contributed by atoms with Crippen molar-refractivity contribution in [2.24, 2.45) is 11.8 Å². The first kappa shape index (κ1) is 9.51. The van der Waals surface area contributed by atoms with Crippen LogP contribution in [-0.2, 0) is 0 Å². The fourth-order valence-electron chi connectivity index (χ4n) is 2.76. The van der Waals surface area contributed by atoms with E-state index >= 15 is 0 Å². The molecule has 0 bridgehead atoms. The zero-order valence-electron chi connectivity index (χ0n) is 8.89. The van der Waals surface area contributed by atoms with Gasteiger partial charge in [0.2, 0.25) is 0 Å². The zero-order chi connectivity index (χ0) is 9.10. The number of hydrogen-bond acceptors (Lipinski definition) is 1. The van der Waals surface area contributed by atoms with Crippen molar-refractivity contribution in [3.8, 4) is 0 Å². The molecule has 2 atom stereocenters. The normalized spacial score (nSPS) is 34.8. The van der Waals surface area contributed by atoms with Crippen LogP contribution in [0.2, 0.25) is 0 Å². The average Bonchev–Trinajstić information content (AvgIpc) is 2.98. The van der Waals surface area contributed by atoms with Crippen LogP contribution in [0.4, 0.5) is 0 Å². The van der Waals surface area contributed by atoms with E-state index in [-0.39, 0.29) is 0 Å². The van der Waals surface area contributed by atoms with Gasteiger partial charge in [0.15, 0.2) is 0 Å². The first-order chi connectivity index (χ1) is 6.40. The van der Waals surface area contributed by atoms with Gasteiger partial charge in [-0.2, -0.15) is 0 Å². The van der Waals surface area contributed by atoms with Crippen LogP contribution in [0.1, 0.15) is 51.9 Å². The molecule has 76 valence electrons. The van der Waals surface area contributed by atoms with E-state index in [0.717, 1.165) is 17.9 Å². The molecule has 2 unspecified atom stereocenters. The first-order valence-corrected chi connectivity index (χ1v) is 6.13. The fourth-order valence-corrected chi connectivity index (χ4v) is 2.76. The molecule has 0 heterocycles. The van der Waals surface area contributed by atoms with E-state index in [1.54, 1.807) is 0 Å². The minimum absolute atomic E-state index is 0.860. The maximum absolute atomic E-state index is 3.68. The fraction of sp³-hybridized carbons (Fsp3) is 1.00. The molecule has 0 aliphatic heterocycles. The molecule has 2 fully saturated rings. The summed E-state index contributed by atoms with van der Waals surface area (Å²) in [5.74, 6) is 2.22. The second kappa shape index (κ2) is 4.45. The lowest BCUT2D eigenvalue weighted by molar-refractivity contribution is 0.261. The summed E-state index contributed by atoms with van der Waals surface area (Å²) in [6.07, 6.45) is 10.3. The van der Waals surface area contributed by atoms with Crippen LogP contribution in [-0.4, -0.2) is 12.6 Å². The Bertz CT molecular complexity index is 151. The molecule has 2 saturated carbocycles. The van der Waals surface area contributed by atoms with Crippen molar-refractivity contribution in [3.05, 3.63) is 0 Å². The highest BCUT2D eigenvalue weighted by molar-refractivity contribution is 4.87. The Labute approximate surface area is 82.3 Å². The van der Waals surface area contributed by atoms with E-state index in [1.807, 2.05) is 0 Å². The second-order valence-electron chi connectivity index (χ2n) is 4.92. The van der Waals surface area contributed by atoms with Crippen LogP contribution in [0.15, 0.2) is 0 Å². The van der Waals surface area contributed by atoms with E-state index in [1.165, 1.54) is 51.5 Å². The predicted molar refractivity (Wildman–Crippen MR) is 56.8 cm³/mol. The summed E-state index contributed by atoms with van der Waals surface area (Å²) in [5, 5.41) is 3.68. The lowest BCUT2D eigenvalue weighted by atomic mass is 9.83. The molecule has 0 radical (unpaired) electrons. The smallest absolute Gasteiger partial charge is 0.00698 e. The summed E-state index contributed by atoms with van der Waals surface area (Å²) >= 11 is 0. The van der Waals surface area contributed by atoms with Crippen molar-refractivity contribution >= 4 is 0 Å². The molecule has 2 rings (SSSR count). The monoisotopic (exact) mass is 181 g/mol. The SMILES string of the molecule is CCCNC1CCCC(C2CC2)C1. The van der Waals surface area contributed by atoms with Crippen molar-refractivity contribution in [3.63, 3.8) is 0 Å². The van der Waals surface area contributed by atoms with Gasteiger partial charge in [-0.15, -0.1) is 0 Å². The molecular weight excluding hydrogens is 158 g/mol. The van der Waals surface area contributed by atoms with Gasteiger partial charge in [-0.1, -0.05) is 19.8 Å². The molecule has 0 saturated heterocycles. The Morgan fingerprint density at radius 2 is 1.92 bits per heavy atom. The summed E-state index contributed by atoms with van der Waals surface area (Å²) < 4.78 is 0. The number of nitrogens with one attached hydrogen (secondary N) is 1. The Morgan fingerprint density at radius 1 is 1.08 bits per heavy atom. The molecule has 0 aromatic heterocycles. The average molecular weight is 181 g/mol. The van der Waals surface area contributed by atoms with Crippen LogP contribution < -0.4 is 5.32 Å². The minimum Gasteiger partial charge on any atom is -0.314 e. The Hall–Kier alpha value is -0.0400. The third-order valence-electron chi connectivity index (χ3n) is 3.69. The number of rotatable bonds is 4. The molecule has 0 amide bonds. The minimum atomic E-state index is 0.860. The number of hydrogen-bond donors (Lipinski definition) is 1. The van der Waals surface area contributed by atoms with E-state index < -0.39 is 0 Å². The van der Waals surface area contributed by atoms with Gasteiger partial charge in [-0.05, 0) is 50.5 Å². The van der Waals surface area contributed by atoms with Crippen LogP contribution in [0.5, 0.6) is 0 Å². The van der Waals surface area contributed by atoms with E-state index in [4.69, 9.17) is 0 Å². The van der Waals surface area contributed by atoms with Gasteiger partial charge in [0, 0.05) is 6.04 Å². The third-order valence-corrected chi connectivity index (χ3v) is 3.69. The molecule has 0 aromatic carbocycles. The summed E-state index contributed by atoms with van der Waals surface area (Å²) in [6.45, 7) is 3.48. The molecular formula is C12H23N. The first-order valence-electron chi connectivity index (χ1n) is 6.13. The van der Waals surface area contributed by atoms with Crippen molar-refractivity contribution in [1.82, 2.24) is 5.32 Å². The molecule has 0 spiro atoms. The Kier molecular flexibility index (Phi) is 3.26. The Morgan fingerprint density at radius 3 is 2.62 bits per heavy atom. The second-order valence-corrected chi connectivity index (χ2v) is 4.92. The lowest BCUT2D eigenvalue weighted by Gasteiger charge is -2.29. The molecule has 1 nitrogen and oxygen atoms in total. The quantitative estimate of drug-likeness (QED) is 0.703. The molecule has 1 N–H and O–H groups in total. The highest BCUT2D eigenvalue weighted by atomic mass is 14.9.